The molecule has 0 aliphatic rings. The van der Waals surface area contributed by atoms with Crippen molar-refractivity contribution in [3.8, 4) is 5.75 Å². The summed E-state index contributed by atoms with van der Waals surface area (Å²) in [6.45, 7) is 6.04. The number of nitrogens with one attached hydrogen (secondary N) is 1. The number of aromatic nitrogens is 2. The van der Waals surface area contributed by atoms with E-state index in [0.717, 1.165) is 27.4 Å². The molecule has 6 nitrogen and oxygen atoms in total. The molecule has 166 valence electrons. The van der Waals surface area contributed by atoms with Gasteiger partial charge in [0, 0.05) is 28.5 Å². The first-order chi connectivity index (χ1) is 15.3. The Morgan fingerprint density at radius 2 is 1.84 bits per heavy atom. The Hall–Kier alpha value is -3.09. The Kier molecular flexibility index (Phi) is 6.09. The molecule has 1 N–H and O–H groups in total. The predicted molar refractivity (Wildman–Crippen MR) is 125 cm³/mol. The summed E-state index contributed by atoms with van der Waals surface area (Å²) >= 11 is 6.11. The van der Waals surface area contributed by atoms with Crippen LogP contribution in [0.1, 0.15) is 42.4 Å². The molecular formula is C25H25ClN2O4. The molecule has 32 heavy (non-hydrogen) atoms. The number of rotatable bonds is 6. The summed E-state index contributed by atoms with van der Waals surface area (Å²) in [5.41, 5.74) is 2.89. The largest absolute Gasteiger partial charge is 0.488 e. The Morgan fingerprint density at radius 3 is 2.56 bits per heavy atom. The number of esters is 1. The van der Waals surface area contributed by atoms with Gasteiger partial charge in [0.05, 0.1) is 23.8 Å². The molecule has 0 saturated heterocycles. The number of benzene rings is 2. The van der Waals surface area contributed by atoms with E-state index in [2.05, 4.69) is 9.97 Å². The number of hydrogen-bond acceptors (Lipinski definition) is 5. The van der Waals surface area contributed by atoms with E-state index in [0.29, 0.717) is 22.9 Å². The molecule has 4 aromatic rings. The zero-order valence-corrected chi connectivity index (χ0v) is 19.2. The number of hydrogen-bond donors (Lipinski definition) is 1. The minimum absolute atomic E-state index is 0.203. The van der Waals surface area contributed by atoms with E-state index in [9.17, 15) is 4.79 Å². The normalized spacial score (nSPS) is 11.8. The lowest BCUT2D eigenvalue weighted by atomic mass is 10.0. The first-order valence-electron chi connectivity index (χ1n) is 10.3. The molecule has 0 amide bonds. The second-order valence-electron chi connectivity index (χ2n) is 8.53. The minimum Gasteiger partial charge on any atom is -0.488 e. The summed E-state index contributed by atoms with van der Waals surface area (Å²) in [4.78, 5) is 20.7. The van der Waals surface area contributed by atoms with E-state index in [-0.39, 0.29) is 12.3 Å². The molecule has 0 atom stereocenters. The van der Waals surface area contributed by atoms with Crippen molar-refractivity contribution in [3.05, 3.63) is 70.5 Å². The van der Waals surface area contributed by atoms with Crippen LogP contribution in [0.4, 0.5) is 0 Å². The second-order valence-corrected chi connectivity index (χ2v) is 8.97. The van der Waals surface area contributed by atoms with Crippen LogP contribution in [0.2, 0.25) is 5.02 Å². The summed E-state index contributed by atoms with van der Waals surface area (Å²) in [7, 11) is 1.59. The molecule has 0 spiro atoms. The van der Waals surface area contributed by atoms with Gasteiger partial charge >= 0.3 is 5.97 Å². The summed E-state index contributed by atoms with van der Waals surface area (Å²) < 4.78 is 17.2. The van der Waals surface area contributed by atoms with E-state index in [1.165, 1.54) is 0 Å². The smallest absolute Gasteiger partial charge is 0.357 e. The lowest BCUT2D eigenvalue weighted by Gasteiger charge is -2.20. The number of H-pyrrole nitrogens is 1. The standard InChI is InChI=1S/C25H25ClN2O4/c1-25(2,3)32-24(29)23-17(14-30-4)21-19(12-27-23)28-18-9-6-10-20(22(18)21)31-13-15-7-5-8-16(26)11-15/h5-12,28H,13-14H2,1-4H3. The SMILES string of the molecule is COCc1c(C(=O)OC(C)(C)C)ncc2[nH]c3cccc(OCc4cccc(Cl)c4)c3c12. The number of pyridine rings is 1. The van der Waals surface area contributed by atoms with Crippen molar-refractivity contribution in [2.24, 2.45) is 0 Å². The highest BCUT2D eigenvalue weighted by atomic mass is 35.5. The van der Waals surface area contributed by atoms with Gasteiger partial charge in [-0.25, -0.2) is 9.78 Å². The zero-order valence-electron chi connectivity index (χ0n) is 18.5. The molecule has 0 fully saturated rings. The van der Waals surface area contributed by atoms with Crippen molar-refractivity contribution in [2.45, 2.75) is 39.6 Å². The molecule has 2 aromatic carbocycles. The summed E-state index contributed by atoms with van der Waals surface area (Å²) in [6.07, 6.45) is 1.65. The molecule has 0 aliphatic heterocycles. The number of carbonyl (C=O) groups is 1. The van der Waals surface area contributed by atoms with E-state index in [1.54, 1.807) is 13.3 Å². The fourth-order valence-corrected chi connectivity index (χ4v) is 3.88. The van der Waals surface area contributed by atoms with Gasteiger partial charge in [-0.1, -0.05) is 29.8 Å². The molecule has 4 rings (SSSR count). The van der Waals surface area contributed by atoms with E-state index < -0.39 is 11.6 Å². The number of fused-ring (bicyclic) bond motifs is 3. The van der Waals surface area contributed by atoms with Gasteiger partial charge in [0.1, 0.15) is 18.0 Å². The quantitative estimate of drug-likeness (QED) is 0.360. The van der Waals surface area contributed by atoms with Crippen molar-refractivity contribution in [2.75, 3.05) is 7.11 Å². The highest BCUT2D eigenvalue weighted by molar-refractivity contribution is 6.30. The average molecular weight is 453 g/mol. The maximum Gasteiger partial charge on any atom is 0.357 e. The predicted octanol–water partition coefficient (Wildman–Crippen LogP) is 6.05. The maximum atomic E-state index is 12.9. The number of nitrogens with zero attached hydrogens (tertiary/aromatic N) is 1. The Balaban J connectivity index is 1.84. The van der Waals surface area contributed by atoms with Crippen LogP contribution >= 0.6 is 11.6 Å². The first-order valence-corrected chi connectivity index (χ1v) is 10.7. The summed E-state index contributed by atoms with van der Waals surface area (Å²) in [5, 5.41) is 2.36. The summed E-state index contributed by atoms with van der Waals surface area (Å²) in [6, 6.07) is 13.3. The number of carbonyl (C=O) groups excluding carboxylic acids is 1. The second kappa shape index (κ2) is 8.81. The van der Waals surface area contributed by atoms with E-state index in [4.69, 9.17) is 25.8 Å². The van der Waals surface area contributed by atoms with Crippen LogP contribution in [0.25, 0.3) is 21.8 Å². The third-order valence-corrected chi connectivity index (χ3v) is 5.12. The van der Waals surface area contributed by atoms with Crippen LogP contribution in [0.15, 0.2) is 48.7 Å². The van der Waals surface area contributed by atoms with Gasteiger partial charge in [-0.15, -0.1) is 0 Å². The van der Waals surface area contributed by atoms with Crippen molar-refractivity contribution in [1.29, 1.82) is 0 Å². The maximum absolute atomic E-state index is 12.9. The zero-order chi connectivity index (χ0) is 22.9. The Labute approximate surface area is 191 Å². The van der Waals surface area contributed by atoms with Crippen LogP contribution in [0, 0.1) is 0 Å². The van der Waals surface area contributed by atoms with Crippen molar-refractivity contribution in [1.82, 2.24) is 9.97 Å². The Morgan fingerprint density at radius 1 is 1.06 bits per heavy atom. The monoisotopic (exact) mass is 452 g/mol. The number of methoxy groups -OCH3 is 1. The molecule has 0 bridgehead atoms. The molecule has 2 aromatic heterocycles. The van der Waals surface area contributed by atoms with Gasteiger partial charge in [0.2, 0.25) is 0 Å². The lowest BCUT2D eigenvalue weighted by molar-refractivity contribution is 0.00593. The van der Waals surface area contributed by atoms with Crippen molar-refractivity contribution >= 4 is 39.4 Å². The topological polar surface area (TPSA) is 73.4 Å². The molecule has 0 unspecified atom stereocenters. The highest BCUT2D eigenvalue weighted by Gasteiger charge is 2.25. The lowest BCUT2D eigenvalue weighted by Crippen LogP contribution is -2.25. The fraction of sp³-hybridized carbons (Fsp3) is 0.280. The number of halogens is 1. The first kappa shape index (κ1) is 22.1. The minimum atomic E-state index is -0.635. The highest BCUT2D eigenvalue weighted by Crippen LogP contribution is 2.37. The van der Waals surface area contributed by atoms with Crippen LogP contribution < -0.4 is 4.74 Å². The van der Waals surface area contributed by atoms with Gasteiger partial charge in [0.15, 0.2) is 5.69 Å². The van der Waals surface area contributed by atoms with Crippen molar-refractivity contribution in [3.63, 3.8) is 0 Å². The molecule has 7 heteroatoms. The Bertz CT molecular complexity index is 1290. The third kappa shape index (κ3) is 4.56. The fourth-order valence-electron chi connectivity index (χ4n) is 3.67. The molecule has 0 radical (unpaired) electrons. The third-order valence-electron chi connectivity index (χ3n) is 4.89. The van der Waals surface area contributed by atoms with Gasteiger partial charge in [0.25, 0.3) is 0 Å². The number of aromatic amines is 1. The molecular weight excluding hydrogens is 428 g/mol. The molecule has 0 saturated carbocycles. The van der Waals surface area contributed by atoms with Crippen LogP contribution in [0.5, 0.6) is 5.75 Å². The summed E-state index contributed by atoms with van der Waals surface area (Å²) in [5.74, 6) is 0.200. The number of ether oxygens (including phenoxy) is 3. The van der Waals surface area contributed by atoms with Gasteiger partial charge < -0.3 is 19.2 Å². The molecule has 0 aliphatic carbocycles. The van der Waals surface area contributed by atoms with Gasteiger partial charge in [-0.3, -0.25) is 0 Å². The van der Waals surface area contributed by atoms with Crippen LogP contribution in [-0.4, -0.2) is 28.6 Å². The van der Waals surface area contributed by atoms with Gasteiger partial charge in [-0.2, -0.15) is 0 Å². The van der Waals surface area contributed by atoms with Crippen LogP contribution in [-0.2, 0) is 22.7 Å². The average Bonchev–Trinajstić information content (AvgIpc) is 3.11. The van der Waals surface area contributed by atoms with Crippen molar-refractivity contribution < 1.29 is 19.0 Å². The van der Waals surface area contributed by atoms with Gasteiger partial charge in [-0.05, 0) is 50.6 Å². The van der Waals surface area contributed by atoms with E-state index in [1.807, 2.05) is 63.2 Å². The van der Waals surface area contributed by atoms with Crippen LogP contribution in [0.3, 0.4) is 0 Å². The molecule has 2 heterocycles. The van der Waals surface area contributed by atoms with E-state index >= 15 is 0 Å².